The lowest BCUT2D eigenvalue weighted by molar-refractivity contribution is -0.0885. The van der Waals surface area contributed by atoms with Crippen molar-refractivity contribution in [1.82, 2.24) is 4.98 Å². The smallest absolute Gasteiger partial charge is 0.284 e. The Bertz CT molecular complexity index is 1010. The Morgan fingerprint density at radius 2 is 1.78 bits per heavy atom. The summed E-state index contributed by atoms with van der Waals surface area (Å²) in [5, 5.41) is 0.731. The molecule has 1 aromatic carbocycles. The molecule has 0 bridgehead atoms. The van der Waals surface area contributed by atoms with E-state index in [1.165, 1.54) is 11.8 Å². The van der Waals surface area contributed by atoms with Crippen molar-refractivity contribution < 1.29 is 18.0 Å². The molecule has 4 rings (SSSR count). The fourth-order valence-electron chi connectivity index (χ4n) is 3.72. The van der Waals surface area contributed by atoms with Crippen LogP contribution in [0.1, 0.15) is 39.3 Å². The Morgan fingerprint density at radius 1 is 1.11 bits per heavy atom. The molecule has 0 aliphatic heterocycles. The van der Waals surface area contributed by atoms with Gasteiger partial charge >= 0.3 is 6.18 Å². The van der Waals surface area contributed by atoms with Gasteiger partial charge < -0.3 is 0 Å². The Kier molecular flexibility index (Phi) is 5.32. The predicted molar refractivity (Wildman–Crippen MR) is 104 cm³/mol. The van der Waals surface area contributed by atoms with E-state index in [0.29, 0.717) is 11.1 Å². The molecular formula is C20H17ClF3NOS. The van der Waals surface area contributed by atoms with Crippen LogP contribution in [0, 0.1) is 6.92 Å². The number of carbonyl (C=O) groups is 1. The largest absolute Gasteiger partial charge is 0.454 e. The van der Waals surface area contributed by atoms with Crippen LogP contribution in [0.3, 0.4) is 0 Å². The van der Waals surface area contributed by atoms with Crippen LogP contribution in [-0.4, -0.2) is 16.9 Å². The van der Waals surface area contributed by atoms with Crippen LogP contribution in [0.5, 0.6) is 0 Å². The molecule has 7 heteroatoms. The number of pyridine rings is 1. The summed E-state index contributed by atoms with van der Waals surface area (Å²) < 4.78 is 39.9. The Morgan fingerprint density at radius 3 is 2.44 bits per heavy atom. The van der Waals surface area contributed by atoms with Gasteiger partial charge in [-0.15, -0.1) is 23.7 Å². The molecule has 2 nitrogen and oxygen atoms in total. The van der Waals surface area contributed by atoms with E-state index in [1.54, 1.807) is 35.6 Å². The maximum Gasteiger partial charge on any atom is 0.454 e. The predicted octanol–water partition coefficient (Wildman–Crippen LogP) is 6.32. The van der Waals surface area contributed by atoms with Gasteiger partial charge in [0.05, 0.1) is 11.3 Å². The molecule has 0 fully saturated rings. The lowest BCUT2D eigenvalue weighted by Gasteiger charge is -2.17. The van der Waals surface area contributed by atoms with Crippen molar-refractivity contribution in [1.29, 1.82) is 0 Å². The molecule has 142 valence electrons. The van der Waals surface area contributed by atoms with E-state index in [9.17, 15) is 18.0 Å². The first-order valence-corrected chi connectivity index (χ1v) is 9.31. The molecule has 27 heavy (non-hydrogen) atoms. The quantitative estimate of drug-likeness (QED) is 0.462. The van der Waals surface area contributed by atoms with Crippen LogP contribution in [0.4, 0.5) is 13.2 Å². The van der Waals surface area contributed by atoms with E-state index in [0.717, 1.165) is 41.5 Å². The molecule has 1 aliphatic carbocycles. The summed E-state index contributed by atoms with van der Waals surface area (Å²) in [6.07, 6.45) is -1.11. The number of Topliss-reactive ketones (excluding diaryl/α,β-unsaturated/α-hetero) is 1. The number of benzene rings is 1. The minimum Gasteiger partial charge on any atom is -0.284 e. The van der Waals surface area contributed by atoms with Crippen LogP contribution < -0.4 is 0 Å². The summed E-state index contributed by atoms with van der Waals surface area (Å²) in [5.41, 5.74) is 1.90. The highest BCUT2D eigenvalue weighted by atomic mass is 35.5. The molecule has 2 heterocycles. The van der Waals surface area contributed by atoms with Gasteiger partial charge in [0.25, 0.3) is 5.78 Å². The van der Waals surface area contributed by atoms with Gasteiger partial charge in [-0.05, 0) is 43.7 Å². The molecule has 0 radical (unpaired) electrons. The second kappa shape index (κ2) is 7.24. The van der Waals surface area contributed by atoms with Gasteiger partial charge in [0, 0.05) is 15.8 Å². The second-order valence-corrected chi connectivity index (χ2v) is 7.61. The number of rotatable bonds is 2. The van der Waals surface area contributed by atoms with Gasteiger partial charge in [-0.3, -0.25) is 4.79 Å². The molecule has 0 saturated carbocycles. The van der Waals surface area contributed by atoms with Crippen molar-refractivity contribution >= 4 is 39.7 Å². The van der Waals surface area contributed by atoms with Crippen LogP contribution in [0.25, 0.3) is 21.3 Å². The number of ketones is 1. The molecule has 0 amide bonds. The van der Waals surface area contributed by atoms with Crippen molar-refractivity contribution in [3.05, 3.63) is 52.0 Å². The van der Waals surface area contributed by atoms with E-state index in [4.69, 9.17) is 0 Å². The van der Waals surface area contributed by atoms with Gasteiger partial charge in [-0.2, -0.15) is 13.2 Å². The van der Waals surface area contributed by atoms with Crippen molar-refractivity contribution in [2.45, 2.75) is 38.8 Å². The fraction of sp³-hybridized carbons (Fsp3) is 0.300. The highest BCUT2D eigenvalue weighted by molar-refractivity contribution is 7.19. The van der Waals surface area contributed by atoms with Crippen molar-refractivity contribution in [2.75, 3.05) is 0 Å². The molecule has 3 aromatic rings. The summed E-state index contributed by atoms with van der Waals surface area (Å²) >= 11 is 1.55. The fourth-order valence-corrected chi connectivity index (χ4v) is 5.03. The monoisotopic (exact) mass is 411 g/mol. The number of hydrogen-bond donors (Lipinski definition) is 0. The number of halogens is 4. The topological polar surface area (TPSA) is 30.0 Å². The highest BCUT2D eigenvalue weighted by Gasteiger charge is 2.42. The van der Waals surface area contributed by atoms with Crippen LogP contribution in [0.2, 0.25) is 0 Å². The molecule has 0 N–H and O–H groups in total. The summed E-state index contributed by atoms with van der Waals surface area (Å²) in [6, 6.07) is 8.88. The number of aryl methyl sites for hydroxylation is 3. The van der Waals surface area contributed by atoms with Crippen LogP contribution >= 0.6 is 23.7 Å². The minimum atomic E-state index is -4.93. The second-order valence-electron chi connectivity index (χ2n) is 6.53. The SMILES string of the molecule is Cc1nc2sc3c(c2c(-c2ccccc2)c1C(=O)C(F)(F)F)CCCC3.Cl. The van der Waals surface area contributed by atoms with Gasteiger partial charge in [-0.1, -0.05) is 30.3 Å². The Balaban J connectivity index is 0.00000210. The molecule has 0 atom stereocenters. The molecular weight excluding hydrogens is 395 g/mol. The van der Waals surface area contributed by atoms with E-state index in [2.05, 4.69) is 4.98 Å². The summed E-state index contributed by atoms with van der Waals surface area (Å²) in [4.78, 5) is 18.6. The third-order valence-electron chi connectivity index (χ3n) is 4.83. The summed E-state index contributed by atoms with van der Waals surface area (Å²) in [6.45, 7) is 1.49. The average molecular weight is 412 g/mol. The number of thiophene rings is 1. The first-order chi connectivity index (χ1) is 12.4. The zero-order valence-electron chi connectivity index (χ0n) is 14.5. The maximum atomic E-state index is 13.3. The third kappa shape index (κ3) is 3.36. The lowest BCUT2D eigenvalue weighted by atomic mass is 9.88. The number of alkyl halides is 3. The molecule has 2 aromatic heterocycles. The van der Waals surface area contributed by atoms with Gasteiger partial charge in [0.15, 0.2) is 0 Å². The molecule has 1 aliphatic rings. The van der Waals surface area contributed by atoms with Gasteiger partial charge in [0.1, 0.15) is 4.83 Å². The van der Waals surface area contributed by atoms with Crippen molar-refractivity contribution in [3.8, 4) is 11.1 Å². The minimum absolute atomic E-state index is 0. The number of hydrogen-bond acceptors (Lipinski definition) is 3. The Hall–Kier alpha value is -1.92. The molecule has 0 spiro atoms. The van der Waals surface area contributed by atoms with E-state index in [-0.39, 0.29) is 23.7 Å². The summed E-state index contributed by atoms with van der Waals surface area (Å²) in [7, 11) is 0. The van der Waals surface area contributed by atoms with E-state index < -0.39 is 12.0 Å². The molecule has 0 saturated heterocycles. The molecule has 0 unspecified atom stereocenters. The van der Waals surface area contributed by atoms with Crippen LogP contribution in [0.15, 0.2) is 30.3 Å². The first-order valence-electron chi connectivity index (χ1n) is 8.49. The van der Waals surface area contributed by atoms with Gasteiger partial charge in [0.2, 0.25) is 0 Å². The third-order valence-corrected chi connectivity index (χ3v) is 6.02. The number of carbonyl (C=O) groups excluding carboxylic acids is 1. The number of nitrogens with zero attached hydrogens (tertiary/aromatic N) is 1. The summed E-state index contributed by atoms with van der Waals surface area (Å²) in [5.74, 6) is -1.82. The number of aromatic nitrogens is 1. The van der Waals surface area contributed by atoms with Crippen molar-refractivity contribution in [3.63, 3.8) is 0 Å². The van der Waals surface area contributed by atoms with Crippen LogP contribution in [-0.2, 0) is 12.8 Å². The zero-order valence-corrected chi connectivity index (χ0v) is 16.2. The van der Waals surface area contributed by atoms with Gasteiger partial charge in [-0.25, -0.2) is 4.98 Å². The first kappa shape index (κ1) is 19.8. The van der Waals surface area contributed by atoms with Crippen molar-refractivity contribution in [2.24, 2.45) is 0 Å². The van der Waals surface area contributed by atoms with E-state index >= 15 is 0 Å². The zero-order chi connectivity index (χ0) is 18.5. The van der Waals surface area contributed by atoms with E-state index in [1.807, 2.05) is 6.07 Å². The standard InChI is InChI=1S/C20H16F3NOS.ClH/c1-11-15(18(25)20(21,22)23)16(12-7-3-2-4-8-12)17-13-9-5-6-10-14(13)26-19(17)24-11;/h2-4,7-8H,5-6,9-10H2,1H3;1H. The normalized spacial score (nSPS) is 13.9. The number of fused-ring (bicyclic) bond motifs is 3. The average Bonchev–Trinajstić information content (AvgIpc) is 2.97. The highest BCUT2D eigenvalue weighted by Crippen LogP contribution is 2.44. The maximum absolute atomic E-state index is 13.3. The lowest BCUT2D eigenvalue weighted by Crippen LogP contribution is -2.25. The Labute approximate surface area is 164 Å².